The monoisotopic (exact) mass is 385 g/mol. The molecule has 1 amide bonds. The van der Waals surface area contributed by atoms with Gasteiger partial charge in [0, 0.05) is 21.8 Å². The summed E-state index contributed by atoms with van der Waals surface area (Å²) in [6.45, 7) is 1.62. The van der Waals surface area contributed by atoms with Gasteiger partial charge in [-0.05, 0) is 36.8 Å². The van der Waals surface area contributed by atoms with E-state index in [9.17, 15) is 20.2 Å². The number of anilines is 1. The average Bonchev–Trinajstić information content (AvgIpc) is 2.53. The van der Waals surface area contributed by atoms with Crippen LogP contribution in [0.4, 0.5) is 11.4 Å². The highest BCUT2D eigenvalue weighted by Gasteiger charge is 2.13. The summed E-state index contributed by atoms with van der Waals surface area (Å²) >= 11 is 3.29. The van der Waals surface area contributed by atoms with Crippen molar-refractivity contribution in [1.82, 2.24) is 0 Å². The van der Waals surface area contributed by atoms with Crippen molar-refractivity contribution in [3.05, 3.63) is 73.8 Å². The first-order valence-electron chi connectivity index (χ1n) is 6.84. The molecule has 6 nitrogen and oxygen atoms in total. The van der Waals surface area contributed by atoms with Crippen LogP contribution in [0.5, 0.6) is 0 Å². The molecule has 2 aromatic carbocycles. The normalized spacial score (nSPS) is 10.8. The summed E-state index contributed by atoms with van der Waals surface area (Å²) in [5, 5.41) is 22.8. The molecule has 0 saturated carbocycles. The molecule has 0 fully saturated rings. The molecule has 0 spiro atoms. The standard InChI is InChI=1S/C17H12BrN3O3/c1-11-5-6-12(8-16(11)21(23)24)7-13(10-19)17(22)20-15-4-2-3-14(18)9-15/h2-9H,1H3,(H,20,22)/b13-7+. The maximum atomic E-state index is 12.2. The first kappa shape index (κ1) is 17.4. The molecule has 0 radical (unpaired) electrons. The average molecular weight is 386 g/mol. The first-order valence-corrected chi connectivity index (χ1v) is 7.64. The number of carbonyl (C=O) groups is 1. The van der Waals surface area contributed by atoms with Crippen LogP contribution in [0.2, 0.25) is 0 Å². The van der Waals surface area contributed by atoms with Crippen molar-refractivity contribution in [3.63, 3.8) is 0 Å². The van der Waals surface area contributed by atoms with Gasteiger partial charge in [0.2, 0.25) is 0 Å². The number of hydrogen-bond acceptors (Lipinski definition) is 4. The number of hydrogen-bond donors (Lipinski definition) is 1. The van der Waals surface area contributed by atoms with Gasteiger partial charge in [-0.15, -0.1) is 0 Å². The third-order valence-electron chi connectivity index (χ3n) is 3.19. The lowest BCUT2D eigenvalue weighted by Gasteiger charge is -2.05. The minimum absolute atomic E-state index is 0.0616. The summed E-state index contributed by atoms with van der Waals surface area (Å²) in [5.74, 6) is -0.584. The van der Waals surface area contributed by atoms with Crippen LogP contribution in [0.3, 0.4) is 0 Å². The number of nitro benzene ring substituents is 1. The Bertz CT molecular complexity index is 885. The van der Waals surface area contributed by atoms with Gasteiger partial charge < -0.3 is 5.32 Å². The fourth-order valence-electron chi connectivity index (χ4n) is 1.99. The lowest BCUT2D eigenvalue weighted by atomic mass is 10.1. The molecule has 0 aliphatic heterocycles. The molecule has 2 aromatic rings. The van der Waals surface area contributed by atoms with E-state index in [4.69, 9.17) is 0 Å². The van der Waals surface area contributed by atoms with E-state index in [-0.39, 0.29) is 11.3 Å². The molecule has 7 heteroatoms. The minimum Gasteiger partial charge on any atom is -0.321 e. The fourth-order valence-corrected chi connectivity index (χ4v) is 2.39. The van der Waals surface area contributed by atoms with Crippen LogP contribution in [0, 0.1) is 28.4 Å². The number of aryl methyl sites for hydroxylation is 1. The summed E-state index contributed by atoms with van der Waals surface area (Å²) < 4.78 is 0.789. The fraction of sp³-hybridized carbons (Fsp3) is 0.0588. The van der Waals surface area contributed by atoms with Gasteiger partial charge in [-0.1, -0.05) is 34.1 Å². The molecule has 120 valence electrons. The lowest BCUT2D eigenvalue weighted by Crippen LogP contribution is -2.13. The van der Waals surface area contributed by atoms with Crippen LogP contribution < -0.4 is 5.32 Å². The van der Waals surface area contributed by atoms with Gasteiger partial charge in [0.15, 0.2) is 0 Å². The second kappa shape index (κ2) is 7.53. The summed E-state index contributed by atoms with van der Waals surface area (Å²) in [6.07, 6.45) is 1.32. The van der Waals surface area contributed by atoms with Gasteiger partial charge in [0.05, 0.1) is 4.92 Å². The van der Waals surface area contributed by atoms with Gasteiger partial charge in [-0.3, -0.25) is 14.9 Å². The van der Waals surface area contributed by atoms with Gasteiger partial charge in [0.1, 0.15) is 11.6 Å². The summed E-state index contributed by atoms with van der Waals surface area (Å²) in [4.78, 5) is 22.7. The Hall–Kier alpha value is -2.98. The number of halogens is 1. The zero-order chi connectivity index (χ0) is 17.7. The van der Waals surface area contributed by atoms with E-state index in [1.54, 1.807) is 37.3 Å². The maximum Gasteiger partial charge on any atom is 0.272 e. The zero-order valence-corrected chi connectivity index (χ0v) is 14.2. The summed E-state index contributed by atoms with van der Waals surface area (Å²) in [6, 6.07) is 13.3. The smallest absolute Gasteiger partial charge is 0.272 e. The van der Waals surface area contributed by atoms with Crippen LogP contribution in [0.15, 0.2) is 52.5 Å². The van der Waals surface area contributed by atoms with Crippen molar-refractivity contribution in [3.8, 4) is 6.07 Å². The molecule has 1 N–H and O–H groups in total. The Morgan fingerprint density at radius 2 is 2.08 bits per heavy atom. The molecule has 0 heterocycles. The van der Waals surface area contributed by atoms with Crippen LogP contribution in [-0.2, 0) is 4.79 Å². The molecule has 0 unspecified atom stereocenters. The van der Waals surface area contributed by atoms with Crippen molar-refractivity contribution in [1.29, 1.82) is 5.26 Å². The number of nitrogens with zero attached hydrogens (tertiary/aromatic N) is 2. The highest BCUT2D eigenvalue weighted by Crippen LogP contribution is 2.21. The van der Waals surface area contributed by atoms with Crippen molar-refractivity contribution in [2.75, 3.05) is 5.32 Å². The molecule has 0 aliphatic rings. The molecule has 2 rings (SSSR count). The van der Waals surface area contributed by atoms with Gasteiger partial charge in [0.25, 0.3) is 11.6 Å². The lowest BCUT2D eigenvalue weighted by molar-refractivity contribution is -0.385. The van der Waals surface area contributed by atoms with E-state index < -0.39 is 10.8 Å². The number of rotatable bonds is 4. The summed E-state index contributed by atoms with van der Waals surface area (Å²) in [5.41, 5.74) is 1.24. The number of nitrogens with one attached hydrogen (secondary N) is 1. The largest absolute Gasteiger partial charge is 0.321 e. The third kappa shape index (κ3) is 4.27. The van der Waals surface area contributed by atoms with E-state index >= 15 is 0 Å². The zero-order valence-electron chi connectivity index (χ0n) is 12.6. The molecule has 0 saturated heterocycles. The molecule has 0 aliphatic carbocycles. The van der Waals surface area contributed by atoms with Crippen molar-refractivity contribution in [2.45, 2.75) is 6.92 Å². The Morgan fingerprint density at radius 1 is 1.33 bits per heavy atom. The second-order valence-corrected chi connectivity index (χ2v) is 5.85. The van der Waals surface area contributed by atoms with E-state index in [2.05, 4.69) is 21.2 Å². The highest BCUT2D eigenvalue weighted by molar-refractivity contribution is 9.10. The topological polar surface area (TPSA) is 96.0 Å². The van der Waals surface area contributed by atoms with Crippen molar-refractivity contribution < 1.29 is 9.72 Å². The van der Waals surface area contributed by atoms with Crippen molar-refractivity contribution in [2.24, 2.45) is 0 Å². The predicted octanol–water partition coefficient (Wildman–Crippen LogP) is 4.21. The van der Waals surface area contributed by atoms with Crippen LogP contribution >= 0.6 is 15.9 Å². The maximum absolute atomic E-state index is 12.2. The van der Waals surface area contributed by atoms with E-state index in [0.29, 0.717) is 16.8 Å². The van der Waals surface area contributed by atoms with E-state index in [0.717, 1.165) is 4.47 Å². The molecule has 0 atom stereocenters. The van der Waals surface area contributed by atoms with Crippen LogP contribution in [0.25, 0.3) is 6.08 Å². The minimum atomic E-state index is -0.584. The molecule has 0 bridgehead atoms. The number of amides is 1. The SMILES string of the molecule is Cc1ccc(/C=C(\C#N)C(=O)Nc2cccc(Br)c2)cc1[N+](=O)[O-]. The second-order valence-electron chi connectivity index (χ2n) is 4.94. The predicted molar refractivity (Wildman–Crippen MR) is 94.2 cm³/mol. The van der Waals surface area contributed by atoms with Crippen LogP contribution in [-0.4, -0.2) is 10.8 Å². The highest BCUT2D eigenvalue weighted by atomic mass is 79.9. The Kier molecular flexibility index (Phi) is 5.45. The Balaban J connectivity index is 2.29. The third-order valence-corrected chi connectivity index (χ3v) is 3.68. The molecule has 24 heavy (non-hydrogen) atoms. The van der Waals surface area contributed by atoms with Crippen LogP contribution in [0.1, 0.15) is 11.1 Å². The molecule has 0 aromatic heterocycles. The van der Waals surface area contributed by atoms with Gasteiger partial charge in [-0.25, -0.2) is 0 Å². The van der Waals surface area contributed by atoms with E-state index in [1.165, 1.54) is 12.1 Å². The van der Waals surface area contributed by atoms with Gasteiger partial charge in [-0.2, -0.15) is 5.26 Å². The number of nitro groups is 1. The van der Waals surface area contributed by atoms with Gasteiger partial charge >= 0.3 is 0 Å². The number of carbonyl (C=O) groups excluding carboxylic acids is 1. The van der Waals surface area contributed by atoms with E-state index in [1.807, 2.05) is 12.1 Å². The Morgan fingerprint density at radius 3 is 2.71 bits per heavy atom. The summed E-state index contributed by atoms with van der Waals surface area (Å²) in [7, 11) is 0. The number of benzene rings is 2. The quantitative estimate of drug-likeness (QED) is 0.368. The first-order chi connectivity index (χ1) is 11.4. The van der Waals surface area contributed by atoms with Crippen molar-refractivity contribution >= 4 is 39.3 Å². The molecular weight excluding hydrogens is 374 g/mol. The Labute approximate surface area is 146 Å². The molecular formula is C17H12BrN3O3. The number of nitriles is 1.